The normalized spacial score (nSPS) is 18.1. The molecule has 0 saturated carbocycles. The third-order valence-corrected chi connectivity index (χ3v) is 6.80. The number of nitrogens with zero attached hydrogens (tertiary/aromatic N) is 4. The van der Waals surface area contributed by atoms with Crippen LogP contribution in [0, 0.1) is 11.7 Å². The molecule has 0 bridgehead atoms. The Balaban J connectivity index is 1.21. The van der Waals surface area contributed by atoms with Gasteiger partial charge in [-0.15, -0.1) is 0 Å². The lowest BCUT2D eigenvalue weighted by Gasteiger charge is -2.37. The Hall–Kier alpha value is -3.47. The van der Waals surface area contributed by atoms with E-state index in [0.29, 0.717) is 5.92 Å². The molecule has 154 valence electrons. The van der Waals surface area contributed by atoms with Crippen LogP contribution in [0.1, 0.15) is 24.4 Å². The van der Waals surface area contributed by atoms with Gasteiger partial charge in [0, 0.05) is 42.3 Å². The standard InChI is InChI=1S/C26H23FN4/c27-23-5-1-4-22-24-16-29-17-31(24)26(25(22)23)19-10-13-30(14-11-19)21-8-6-18(7-9-21)20-3-2-12-28-15-20/h1-9,12,15-17,19,26H,10-11,13-14H2. The molecule has 0 aliphatic carbocycles. The first-order chi connectivity index (χ1) is 15.3. The van der Waals surface area contributed by atoms with Crippen molar-refractivity contribution >= 4 is 5.69 Å². The Labute approximate surface area is 181 Å². The number of benzene rings is 2. The van der Waals surface area contributed by atoms with Crippen molar-refractivity contribution < 1.29 is 4.39 Å². The van der Waals surface area contributed by atoms with Gasteiger partial charge in [0.15, 0.2) is 0 Å². The van der Waals surface area contributed by atoms with E-state index in [-0.39, 0.29) is 11.9 Å². The lowest BCUT2D eigenvalue weighted by Crippen LogP contribution is -2.36. The van der Waals surface area contributed by atoms with E-state index in [1.165, 1.54) is 11.3 Å². The Morgan fingerprint density at radius 3 is 2.45 bits per heavy atom. The second-order valence-electron chi connectivity index (χ2n) is 8.45. The van der Waals surface area contributed by atoms with Gasteiger partial charge in [-0.05, 0) is 54.2 Å². The number of rotatable bonds is 3. The summed E-state index contributed by atoms with van der Waals surface area (Å²) >= 11 is 0. The number of aromatic nitrogens is 3. The summed E-state index contributed by atoms with van der Waals surface area (Å²) < 4.78 is 17.0. The van der Waals surface area contributed by atoms with Gasteiger partial charge in [-0.3, -0.25) is 4.98 Å². The first kappa shape index (κ1) is 18.3. The van der Waals surface area contributed by atoms with Crippen LogP contribution in [0.4, 0.5) is 10.1 Å². The molecule has 1 saturated heterocycles. The summed E-state index contributed by atoms with van der Waals surface area (Å²) in [5, 5.41) is 0. The summed E-state index contributed by atoms with van der Waals surface area (Å²) in [5.41, 5.74) is 6.43. The molecule has 0 radical (unpaired) electrons. The number of imidazole rings is 1. The van der Waals surface area contributed by atoms with Gasteiger partial charge in [-0.2, -0.15) is 0 Å². The van der Waals surface area contributed by atoms with Crippen LogP contribution in [0.2, 0.25) is 0 Å². The topological polar surface area (TPSA) is 34.0 Å². The maximum atomic E-state index is 14.8. The predicted octanol–water partition coefficient (Wildman–Crippen LogP) is 5.57. The van der Waals surface area contributed by atoms with Gasteiger partial charge in [0.05, 0.1) is 24.3 Å². The molecule has 0 amide bonds. The quantitative estimate of drug-likeness (QED) is 0.443. The summed E-state index contributed by atoms with van der Waals surface area (Å²) in [4.78, 5) is 11.0. The molecule has 2 aliphatic heterocycles. The predicted molar refractivity (Wildman–Crippen MR) is 120 cm³/mol. The van der Waals surface area contributed by atoms with Crippen molar-refractivity contribution in [3.05, 3.63) is 90.9 Å². The van der Waals surface area contributed by atoms with E-state index in [0.717, 1.165) is 48.3 Å². The molecule has 0 N–H and O–H groups in total. The van der Waals surface area contributed by atoms with Crippen molar-refractivity contribution in [2.24, 2.45) is 5.92 Å². The third kappa shape index (κ3) is 3.03. The number of hydrogen-bond donors (Lipinski definition) is 0. The monoisotopic (exact) mass is 410 g/mol. The Morgan fingerprint density at radius 1 is 0.839 bits per heavy atom. The minimum Gasteiger partial charge on any atom is -0.372 e. The highest BCUT2D eigenvalue weighted by Crippen LogP contribution is 2.46. The minimum absolute atomic E-state index is 0.0452. The van der Waals surface area contributed by atoms with Crippen LogP contribution in [0.5, 0.6) is 0 Å². The summed E-state index contributed by atoms with van der Waals surface area (Å²) in [6.45, 7) is 1.95. The van der Waals surface area contributed by atoms with Crippen LogP contribution >= 0.6 is 0 Å². The Morgan fingerprint density at radius 2 is 1.68 bits per heavy atom. The van der Waals surface area contributed by atoms with Crippen molar-refractivity contribution in [1.82, 2.24) is 14.5 Å². The fourth-order valence-corrected chi connectivity index (χ4v) is 5.27. The maximum Gasteiger partial charge on any atom is 0.129 e. The molecule has 5 heteroatoms. The molecular formula is C26H23FN4. The third-order valence-electron chi connectivity index (χ3n) is 6.80. The van der Waals surface area contributed by atoms with Gasteiger partial charge in [-0.1, -0.05) is 30.3 Å². The van der Waals surface area contributed by atoms with Crippen LogP contribution < -0.4 is 4.90 Å². The number of hydrogen-bond acceptors (Lipinski definition) is 3. The second kappa shape index (κ2) is 7.34. The molecule has 2 aromatic carbocycles. The molecule has 2 aliphatic rings. The molecule has 1 atom stereocenters. The lowest BCUT2D eigenvalue weighted by atomic mass is 9.85. The van der Waals surface area contributed by atoms with Gasteiger partial charge in [0.25, 0.3) is 0 Å². The molecule has 2 aromatic heterocycles. The fourth-order valence-electron chi connectivity index (χ4n) is 5.27. The molecule has 1 unspecified atom stereocenters. The van der Waals surface area contributed by atoms with Gasteiger partial charge < -0.3 is 9.47 Å². The molecule has 4 aromatic rings. The number of anilines is 1. The van der Waals surface area contributed by atoms with Gasteiger partial charge in [0.2, 0.25) is 0 Å². The maximum absolute atomic E-state index is 14.8. The van der Waals surface area contributed by atoms with E-state index in [1.807, 2.05) is 30.9 Å². The van der Waals surface area contributed by atoms with E-state index in [2.05, 4.69) is 49.8 Å². The summed E-state index contributed by atoms with van der Waals surface area (Å²) in [7, 11) is 0. The largest absolute Gasteiger partial charge is 0.372 e. The van der Waals surface area contributed by atoms with Crippen LogP contribution in [0.3, 0.4) is 0 Å². The average molecular weight is 410 g/mol. The van der Waals surface area contributed by atoms with Gasteiger partial charge in [0.1, 0.15) is 5.82 Å². The fraction of sp³-hybridized carbons (Fsp3) is 0.231. The number of pyridine rings is 1. The van der Waals surface area contributed by atoms with Gasteiger partial charge in [-0.25, -0.2) is 9.37 Å². The second-order valence-corrected chi connectivity index (χ2v) is 8.45. The first-order valence-corrected chi connectivity index (χ1v) is 10.9. The van der Waals surface area contributed by atoms with Crippen molar-refractivity contribution in [3.8, 4) is 22.4 Å². The van der Waals surface area contributed by atoms with Crippen LogP contribution in [0.25, 0.3) is 22.4 Å². The van der Waals surface area contributed by atoms with E-state index in [9.17, 15) is 4.39 Å². The average Bonchev–Trinajstić information content (AvgIpc) is 3.42. The first-order valence-electron chi connectivity index (χ1n) is 10.9. The molecule has 4 nitrogen and oxygen atoms in total. The SMILES string of the molecule is Fc1cccc2c1C(C1CCN(c3ccc(-c4cccnc4)cc3)CC1)n1cncc1-2. The van der Waals surface area contributed by atoms with Crippen molar-refractivity contribution in [3.63, 3.8) is 0 Å². The van der Waals surface area contributed by atoms with E-state index in [1.54, 1.807) is 18.3 Å². The highest BCUT2D eigenvalue weighted by molar-refractivity contribution is 5.69. The molecule has 31 heavy (non-hydrogen) atoms. The number of fused-ring (bicyclic) bond motifs is 3. The molecule has 6 rings (SSSR count). The van der Waals surface area contributed by atoms with Crippen LogP contribution in [-0.4, -0.2) is 27.6 Å². The highest BCUT2D eigenvalue weighted by atomic mass is 19.1. The molecule has 4 heterocycles. The van der Waals surface area contributed by atoms with Crippen LogP contribution in [-0.2, 0) is 0 Å². The summed E-state index contributed by atoms with van der Waals surface area (Å²) in [6.07, 6.45) is 9.47. The number of piperidine rings is 1. The van der Waals surface area contributed by atoms with E-state index >= 15 is 0 Å². The van der Waals surface area contributed by atoms with E-state index in [4.69, 9.17) is 0 Å². The molecule has 1 fully saturated rings. The summed E-state index contributed by atoms with van der Waals surface area (Å²) in [6, 6.07) is 18.2. The van der Waals surface area contributed by atoms with Crippen molar-refractivity contribution in [1.29, 1.82) is 0 Å². The Kier molecular flexibility index (Phi) is 4.34. The lowest BCUT2D eigenvalue weighted by molar-refractivity contribution is 0.312. The Bertz CT molecular complexity index is 1210. The van der Waals surface area contributed by atoms with Crippen molar-refractivity contribution in [2.45, 2.75) is 18.9 Å². The van der Waals surface area contributed by atoms with E-state index < -0.39 is 0 Å². The smallest absolute Gasteiger partial charge is 0.129 e. The zero-order valence-corrected chi connectivity index (χ0v) is 17.2. The number of halogens is 1. The molecular weight excluding hydrogens is 387 g/mol. The highest BCUT2D eigenvalue weighted by Gasteiger charge is 2.37. The van der Waals surface area contributed by atoms with Crippen LogP contribution in [0.15, 0.2) is 79.5 Å². The molecule has 0 spiro atoms. The minimum atomic E-state index is -0.0976. The zero-order valence-electron chi connectivity index (χ0n) is 17.2. The zero-order chi connectivity index (χ0) is 20.8. The summed E-state index contributed by atoms with van der Waals surface area (Å²) in [5.74, 6) is 0.302. The van der Waals surface area contributed by atoms with Gasteiger partial charge >= 0.3 is 0 Å². The van der Waals surface area contributed by atoms with Crippen molar-refractivity contribution in [2.75, 3.05) is 18.0 Å².